The summed E-state index contributed by atoms with van der Waals surface area (Å²) in [5.41, 5.74) is 4.18. The lowest BCUT2D eigenvalue weighted by molar-refractivity contribution is 0.0946. The molecule has 0 aliphatic rings. The number of amides is 1. The number of hydrogen-bond donors (Lipinski definition) is 1. The first kappa shape index (κ1) is 18.7. The minimum Gasteiger partial charge on any atom is -0.491 e. The molecule has 0 spiro atoms. The van der Waals surface area contributed by atoms with Crippen LogP contribution in [0, 0.1) is 6.92 Å². The van der Waals surface area contributed by atoms with E-state index in [0.717, 1.165) is 35.3 Å². The normalized spacial score (nSPS) is 10.4. The van der Waals surface area contributed by atoms with E-state index in [1.54, 1.807) is 0 Å². The van der Waals surface area contributed by atoms with Crippen LogP contribution < -0.4 is 10.1 Å². The number of ether oxygens (including phenoxy) is 1. The van der Waals surface area contributed by atoms with Crippen LogP contribution in [0.3, 0.4) is 0 Å². The Hall–Kier alpha value is -3.07. The first-order chi connectivity index (χ1) is 13.2. The van der Waals surface area contributed by atoms with E-state index in [4.69, 9.17) is 4.74 Å². The monoisotopic (exact) mass is 359 g/mol. The summed E-state index contributed by atoms with van der Waals surface area (Å²) >= 11 is 0. The number of nitrogens with one attached hydrogen (secondary N) is 1. The summed E-state index contributed by atoms with van der Waals surface area (Å²) in [5.74, 6) is 0.807. The molecule has 0 heterocycles. The molecular formula is C24H25NO2. The minimum absolute atomic E-state index is 0.0490. The fourth-order valence-corrected chi connectivity index (χ4v) is 3.02. The Kier molecular flexibility index (Phi) is 6.64. The van der Waals surface area contributed by atoms with E-state index in [1.807, 2.05) is 73.7 Å². The number of aryl methyl sites for hydroxylation is 3. The molecule has 0 saturated carbocycles. The van der Waals surface area contributed by atoms with Crippen LogP contribution >= 0.6 is 0 Å². The van der Waals surface area contributed by atoms with Gasteiger partial charge in [0.05, 0.1) is 6.54 Å². The largest absolute Gasteiger partial charge is 0.491 e. The van der Waals surface area contributed by atoms with Crippen LogP contribution in [0.5, 0.6) is 5.75 Å². The van der Waals surface area contributed by atoms with Gasteiger partial charge >= 0.3 is 0 Å². The third-order valence-corrected chi connectivity index (χ3v) is 4.53. The Morgan fingerprint density at radius 3 is 2.37 bits per heavy atom. The molecule has 0 aromatic heterocycles. The van der Waals surface area contributed by atoms with E-state index in [-0.39, 0.29) is 5.91 Å². The summed E-state index contributed by atoms with van der Waals surface area (Å²) in [6, 6.07) is 26.0. The molecule has 3 rings (SSSR count). The fraction of sp³-hybridized carbons (Fsp3) is 0.208. The van der Waals surface area contributed by atoms with Crippen LogP contribution in [0.25, 0.3) is 0 Å². The molecule has 3 aromatic rings. The Morgan fingerprint density at radius 2 is 1.56 bits per heavy atom. The van der Waals surface area contributed by atoms with E-state index in [9.17, 15) is 4.79 Å². The van der Waals surface area contributed by atoms with Gasteiger partial charge in [0.25, 0.3) is 5.91 Å². The van der Waals surface area contributed by atoms with Gasteiger partial charge in [0.15, 0.2) is 0 Å². The number of para-hydroxylation sites is 1. The van der Waals surface area contributed by atoms with Gasteiger partial charge in [0.1, 0.15) is 12.4 Å². The third-order valence-electron chi connectivity index (χ3n) is 4.53. The molecular weight excluding hydrogens is 334 g/mol. The molecule has 0 fully saturated rings. The van der Waals surface area contributed by atoms with Crippen LogP contribution in [0.15, 0.2) is 78.9 Å². The quantitative estimate of drug-likeness (QED) is 0.598. The molecule has 0 saturated heterocycles. The van der Waals surface area contributed by atoms with Crippen molar-refractivity contribution in [2.75, 3.05) is 13.2 Å². The van der Waals surface area contributed by atoms with Crippen LogP contribution in [-0.4, -0.2) is 19.1 Å². The zero-order valence-electron chi connectivity index (χ0n) is 15.7. The highest BCUT2D eigenvalue weighted by Crippen LogP contribution is 2.16. The summed E-state index contributed by atoms with van der Waals surface area (Å²) in [7, 11) is 0. The van der Waals surface area contributed by atoms with Crippen LogP contribution in [-0.2, 0) is 12.8 Å². The first-order valence-electron chi connectivity index (χ1n) is 9.32. The van der Waals surface area contributed by atoms with E-state index >= 15 is 0 Å². The third kappa shape index (κ3) is 5.45. The molecule has 3 nitrogen and oxygen atoms in total. The molecule has 0 atom stereocenters. The van der Waals surface area contributed by atoms with E-state index < -0.39 is 0 Å². The van der Waals surface area contributed by atoms with Gasteiger partial charge in [-0.15, -0.1) is 0 Å². The molecule has 0 aliphatic carbocycles. The standard InChI is InChI=1S/C24H25NO2/c1-19-9-5-8-14-23(19)27-18-17-25-24(26)22-13-7-6-12-21(22)16-15-20-10-3-2-4-11-20/h2-14H,15-18H2,1H3,(H,25,26). The Bertz CT molecular complexity index is 874. The molecule has 1 amide bonds. The van der Waals surface area contributed by atoms with Gasteiger partial charge in [-0.05, 0) is 48.6 Å². The zero-order valence-corrected chi connectivity index (χ0v) is 15.7. The van der Waals surface area contributed by atoms with Gasteiger partial charge < -0.3 is 10.1 Å². The molecule has 0 bridgehead atoms. The summed E-state index contributed by atoms with van der Waals surface area (Å²) in [6.07, 6.45) is 1.76. The highest BCUT2D eigenvalue weighted by Gasteiger charge is 2.10. The lowest BCUT2D eigenvalue weighted by atomic mass is 9.99. The predicted molar refractivity (Wildman–Crippen MR) is 109 cm³/mol. The molecule has 3 aromatic carbocycles. The van der Waals surface area contributed by atoms with Crippen LogP contribution in [0.4, 0.5) is 0 Å². The Labute approximate surface area is 161 Å². The maximum absolute atomic E-state index is 12.6. The van der Waals surface area contributed by atoms with Crippen molar-refractivity contribution in [1.82, 2.24) is 5.32 Å². The molecule has 1 N–H and O–H groups in total. The number of carbonyl (C=O) groups is 1. The van der Waals surface area contributed by atoms with E-state index in [2.05, 4.69) is 17.4 Å². The van der Waals surface area contributed by atoms with Gasteiger partial charge in [-0.25, -0.2) is 0 Å². The predicted octanol–water partition coefficient (Wildman–Crippen LogP) is 4.59. The van der Waals surface area contributed by atoms with Crippen molar-refractivity contribution >= 4 is 5.91 Å². The average Bonchev–Trinajstić information content (AvgIpc) is 2.71. The van der Waals surface area contributed by atoms with Gasteiger partial charge in [-0.3, -0.25) is 4.79 Å². The highest BCUT2D eigenvalue weighted by atomic mass is 16.5. The smallest absolute Gasteiger partial charge is 0.251 e. The minimum atomic E-state index is -0.0490. The first-order valence-corrected chi connectivity index (χ1v) is 9.32. The summed E-state index contributed by atoms with van der Waals surface area (Å²) < 4.78 is 5.74. The SMILES string of the molecule is Cc1ccccc1OCCNC(=O)c1ccccc1CCc1ccccc1. The molecule has 3 heteroatoms. The summed E-state index contributed by atoms with van der Waals surface area (Å²) in [4.78, 5) is 12.6. The second-order valence-electron chi connectivity index (χ2n) is 6.51. The number of benzene rings is 3. The average molecular weight is 359 g/mol. The van der Waals surface area contributed by atoms with Crippen LogP contribution in [0.2, 0.25) is 0 Å². The fourth-order valence-electron chi connectivity index (χ4n) is 3.02. The van der Waals surface area contributed by atoms with Crippen molar-refractivity contribution in [3.8, 4) is 5.75 Å². The van der Waals surface area contributed by atoms with Gasteiger partial charge in [-0.2, -0.15) is 0 Å². The van der Waals surface area contributed by atoms with Crippen molar-refractivity contribution in [3.05, 3.63) is 101 Å². The zero-order chi connectivity index (χ0) is 18.9. The molecule has 0 unspecified atom stereocenters. The second-order valence-corrected chi connectivity index (χ2v) is 6.51. The Balaban J connectivity index is 1.53. The molecule has 0 aliphatic heterocycles. The van der Waals surface area contributed by atoms with Crippen molar-refractivity contribution in [2.45, 2.75) is 19.8 Å². The van der Waals surface area contributed by atoms with Crippen molar-refractivity contribution in [1.29, 1.82) is 0 Å². The summed E-state index contributed by atoms with van der Waals surface area (Å²) in [5, 5.41) is 2.96. The summed E-state index contributed by atoms with van der Waals surface area (Å²) in [6.45, 7) is 2.93. The van der Waals surface area contributed by atoms with Crippen molar-refractivity contribution in [2.24, 2.45) is 0 Å². The number of rotatable bonds is 8. The van der Waals surface area contributed by atoms with Gasteiger partial charge in [-0.1, -0.05) is 66.7 Å². The maximum Gasteiger partial charge on any atom is 0.251 e. The van der Waals surface area contributed by atoms with E-state index in [0.29, 0.717) is 13.2 Å². The van der Waals surface area contributed by atoms with E-state index in [1.165, 1.54) is 5.56 Å². The van der Waals surface area contributed by atoms with Gasteiger partial charge in [0.2, 0.25) is 0 Å². The van der Waals surface area contributed by atoms with Gasteiger partial charge in [0, 0.05) is 5.56 Å². The Morgan fingerprint density at radius 1 is 0.852 bits per heavy atom. The topological polar surface area (TPSA) is 38.3 Å². The molecule has 0 radical (unpaired) electrons. The van der Waals surface area contributed by atoms with Crippen LogP contribution in [0.1, 0.15) is 27.0 Å². The maximum atomic E-state index is 12.6. The van der Waals surface area contributed by atoms with Crippen molar-refractivity contribution in [3.63, 3.8) is 0 Å². The second kappa shape index (κ2) is 9.58. The number of carbonyl (C=O) groups excluding carboxylic acids is 1. The molecule has 138 valence electrons. The lowest BCUT2D eigenvalue weighted by Crippen LogP contribution is -2.29. The van der Waals surface area contributed by atoms with Crippen molar-refractivity contribution < 1.29 is 9.53 Å². The highest BCUT2D eigenvalue weighted by molar-refractivity contribution is 5.95. The number of hydrogen-bond acceptors (Lipinski definition) is 2. The molecule has 27 heavy (non-hydrogen) atoms. The lowest BCUT2D eigenvalue weighted by Gasteiger charge is -2.12.